The van der Waals surface area contributed by atoms with Crippen molar-refractivity contribution in [3.05, 3.63) is 58.2 Å². The predicted octanol–water partition coefficient (Wildman–Crippen LogP) is 7.08. The fourth-order valence-electron chi connectivity index (χ4n) is 4.10. The van der Waals surface area contributed by atoms with Gasteiger partial charge in [-0.3, -0.25) is 4.98 Å². The van der Waals surface area contributed by atoms with E-state index in [9.17, 15) is 21.6 Å². The van der Waals surface area contributed by atoms with Crippen LogP contribution in [0.4, 0.5) is 13.2 Å². The number of thiazole rings is 1. The first-order valence-electron chi connectivity index (χ1n) is 10.6. The van der Waals surface area contributed by atoms with Crippen LogP contribution in [0.3, 0.4) is 0 Å². The lowest BCUT2D eigenvalue weighted by Gasteiger charge is -2.21. The molecule has 0 bridgehead atoms. The zero-order valence-electron chi connectivity index (χ0n) is 17.6. The molecule has 1 aromatic carbocycles. The Labute approximate surface area is 199 Å². The van der Waals surface area contributed by atoms with E-state index in [1.165, 1.54) is 61.6 Å². The minimum atomic E-state index is -5.30. The summed E-state index contributed by atoms with van der Waals surface area (Å²) in [5.41, 5.74) is -2.22. The lowest BCUT2D eigenvalue weighted by atomic mass is 9.86. The minimum absolute atomic E-state index is 0.0296. The molecule has 0 saturated heterocycles. The molecule has 3 aromatic rings. The fraction of sp³-hybridized carbons (Fsp3) is 0.391. The number of pyridine rings is 1. The van der Waals surface area contributed by atoms with E-state index in [0.717, 1.165) is 22.7 Å². The Morgan fingerprint density at radius 3 is 2.55 bits per heavy atom. The van der Waals surface area contributed by atoms with Crippen molar-refractivity contribution in [3.63, 3.8) is 0 Å². The number of benzene rings is 1. The van der Waals surface area contributed by atoms with Gasteiger partial charge in [-0.1, -0.05) is 55.8 Å². The number of sulfone groups is 1. The lowest BCUT2D eigenvalue weighted by molar-refractivity contribution is -0.0437. The van der Waals surface area contributed by atoms with E-state index in [0.29, 0.717) is 17.2 Å². The van der Waals surface area contributed by atoms with Crippen molar-refractivity contribution in [1.82, 2.24) is 9.97 Å². The first-order valence-corrected chi connectivity index (χ1v) is 13.5. The van der Waals surface area contributed by atoms with Crippen LogP contribution in [0, 0.1) is 5.92 Å². The van der Waals surface area contributed by atoms with E-state index < -0.39 is 21.1 Å². The molecule has 2 heterocycles. The largest absolute Gasteiger partial charge is 0.497 e. The predicted molar refractivity (Wildman–Crippen MR) is 125 cm³/mol. The maximum atomic E-state index is 12.7. The maximum Gasteiger partial charge on any atom is 0.497 e. The van der Waals surface area contributed by atoms with Gasteiger partial charge < -0.3 is 0 Å². The van der Waals surface area contributed by atoms with Gasteiger partial charge in [0.25, 0.3) is 9.84 Å². The summed E-state index contributed by atoms with van der Waals surface area (Å²) in [7, 11) is -5.27. The van der Waals surface area contributed by atoms with Gasteiger partial charge in [0.1, 0.15) is 5.01 Å². The van der Waals surface area contributed by atoms with Crippen molar-refractivity contribution in [1.29, 1.82) is 0 Å². The highest BCUT2D eigenvalue weighted by Crippen LogP contribution is 2.35. The van der Waals surface area contributed by atoms with Crippen LogP contribution in [0.1, 0.15) is 43.4 Å². The molecule has 1 saturated carbocycles. The topological polar surface area (TPSA) is 59.9 Å². The molecule has 1 aliphatic carbocycles. The van der Waals surface area contributed by atoms with E-state index in [1.807, 2.05) is 11.4 Å². The van der Waals surface area contributed by atoms with E-state index in [4.69, 9.17) is 11.6 Å². The summed E-state index contributed by atoms with van der Waals surface area (Å²) in [5, 5.41) is 2.76. The average Bonchev–Trinajstić information content (AvgIpc) is 3.24. The van der Waals surface area contributed by atoms with Crippen LogP contribution in [0.2, 0.25) is 5.02 Å². The average molecular weight is 515 g/mol. The second kappa shape index (κ2) is 9.72. The zero-order chi connectivity index (χ0) is 23.6. The van der Waals surface area contributed by atoms with Crippen molar-refractivity contribution < 1.29 is 21.6 Å². The fourth-order valence-corrected chi connectivity index (χ4v) is 6.00. The number of nitrogens with zero attached hydrogens (tertiary/aromatic N) is 2. The Morgan fingerprint density at radius 2 is 1.85 bits per heavy atom. The van der Waals surface area contributed by atoms with Crippen LogP contribution in [-0.2, 0) is 22.0 Å². The van der Waals surface area contributed by atoms with Crippen LogP contribution in [-0.4, -0.2) is 23.9 Å². The molecule has 4 rings (SSSR count). The highest BCUT2D eigenvalue weighted by Gasteiger charge is 2.45. The molecular weight excluding hydrogens is 493 g/mol. The number of rotatable bonds is 6. The van der Waals surface area contributed by atoms with Crippen molar-refractivity contribution in [3.8, 4) is 21.8 Å². The minimum Gasteiger partial charge on any atom is -0.261 e. The van der Waals surface area contributed by atoms with Crippen molar-refractivity contribution in [2.75, 3.05) is 0 Å². The van der Waals surface area contributed by atoms with Crippen LogP contribution in [0.25, 0.3) is 21.8 Å². The van der Waals surface area contributed by atoms with Gasteiger partial charge in [-0.2, -0.15) is 13.2 Å². The van der Waals surface area contributed by atoms with Gasteiger partial charge in [0.05, 0.1) is 16.5 Å². The molecule has 1 aliphatic rings. The van der Waals surface area contributed by atoms with E-state index in [1.54, 1.807) is 6.20 Å². The molecule has 4 nitrogen and oxygen atoms in total. The SMILES string of the molecule is O=S(=O)(Cc1ccc(-c2csc(-c3ccnc(CC4CCCCC4)c3)n2)c(Cl)c1)C(F)(F)F. The van der Waals surface area contributed by atoms with Gasteiger partial charge in [-0.05, 0) is 36.1 Å². The number of halogens is 4. The summed E-state index contributed by atoms with van der Waals surface area (Å²) >= 11 is 7.71. The van der Waals surface area contributed by atoms with Crippen LogP contribution in [0.15, 0.2) is 41.9 Å². The van der Waals surface area contributed by atoms with Gasteiger partial charge in [-0.25, -0.2) is 13.4 Å². The third kappa shape index (κ3) is 5.75. The first-order chi connectivity index (χ1) is 15.6. The van der Waals surface area contributed by atoms with E-state index in [-0.39, 0.29) is 10.6 Å². The Bertz CT molecular complexity index is 1240. The normalized spacial score (nSPS) is 15.6. The summed E-state index contributed by atoms with van der Waals surface area (Å²) in [5.74, 6) is -0.480. The molecule has 0 atom stereocenters. The molecule has 1 fully saturated rings. The number of alkyl halides is 3. The van der Waals surface area contributed by atoms with Gasteiger partial charge in [0, 0.05) is 28.4 Å². The highest BCUT2D eigenvalue weighted by molar-refractivity contribution is 7.91. The molecule has 0 amide bonds. The summed E-state index contributed by atoms with van der Waals surface area (Å²) in [6, 6.07) is 8.04. The first kappa shape index (κ1) is 24.2. The quantitative estimate of drug-likeness (QED) is 0.352. The standard InChI is InChI=1S/C23H22ClF3N2O2S2/c24-20-11-16(14-33(30,31)23(25,26)27)6-7-19(20)21-13-32-22(29-21)17-8-9-28-18(12-17)10-15-4-2-1-3-5-15/h6-9,11-13,15H,1-5,10,14H2. The second-order valence-electron chi connectivity index (χ2n) is 8.30. The van der Waals surface area contributed by atoms with Crippen molar-refractivity contribution in [2.24, 2.45) is 5.92 Å². The van der Waals surface area contributed by atoms with Crippen molar-refractivity contribution in [2.45, 2.75) is 49.8 Å². The molecule has 33 heavy (non-hydrogen) atoms. The molecule has 10 heteroatoms. The summed E-state index contributed by atoms with van der Waals surface area (Å²) in [6.45, 7) is 0. The Balaban J connectivity index is 1.52. The Kier molecular flexibility index (Phi) is 7.12. The monoisotopic (exact) mass is 514 g/mol. The smallest absolute Gasteiger partial charge is 0.261 e. The van der Waals surface area contributed by atoms with E-state index in [2.05, 4.69) is 16.0 Å². The molecule has 0 N–H and O–H groups in total. The van der Waals surface area contributed by atoms with E-state index >= 15 is 0 Å². The van der Waals surface area contributed by atoms with Gasteiger partial charge in [0.2, 0.25) is 0 Å². The maximum absolute atomic E-state index is 12.7. The zero-order valence-corrected chi connectivity index (χ0v) is 20.0. The molecule has 176 valence electrons. The molecule has 2 aromatic heterocycles. The van der Waals surface area contributed by atoms with Gasteiger partial charge >= 0.3 is 5.51 Å². The third-order valence-corrected chi connectivity index (χ3v) is 8.43. The second-order valence-corrected chi connectivity index (χ2v) is 11.5. The van der Waals surface area contributed by atoms with Crippen molar-refractivity contribution >= 4 is 32.8 Å². The molecule has 0 aliphatic heterocycles. The van der Waals surface area contributed by atoms with Gasteiger partial charge in [0.15, 0.2) is 0 Å². The Hall–Kier alpha value is -1.97. The van der Waals surface area contributed by atoms with Crippen LogP contribution < -0.4 is 0 Å². The highest BCUT2D eigenvalue weighted by atomic mass is 35.5. The van der Waals surface area contributed by atoms with Crippen LogP contribution in [0.5, 0.6) is 0 Å². The van der Waals surface area contributed by atoms with Crippen LogP contribution >= 0.6 is 22.9 Å². The van der Waals surface area contributed by atoms with Gasteiger partial charge in [-0.15, -0.1) is 11.3 Å². The molecule has 0 radical (unpaired) electrons. The molecule has 0 spiro atoms. The Morgan fingerprint density at radius 1 is 1.09 bits per heavy atom. The summed E-state index contributed by atoms with van der Waals surface area (Å²) < 4.78 is 60.8. The third-order valence-electron chi connectivity index (χ3n) is 5.81. The number of hydrogen-bond donors (Lipinski definition) is 0. The molecular formula is C23H22ClF3N2O2S2. The lowest BCUT2D eigenvalue weighted by Crippen LogP contribution is -2.24. The number of aromatic nitrogens is 2. The summed E-state index contributed by atoms with van der Waals surface area (Å²) in [4.78, 5) is 9.17. The summed E-state index contributed by atoms with van der Waals surface area (Å²) in [6.07, 6.45) is 9.10. The number of hydrogen-bond acceptors (Lipinski definition) is 5. The molecule has 0 unspecified atom stereocenters.